The Morgan fingerprint density at radius 3 is 2.06 bits per heavy atom. The van der Waals surface area contributed by atoms with Crippen molar-refractivity contribution in [3.05, 3.63) is 35.4 Å². The van der Waals surface area contributed by atoms with Gasteiger partial charge in [-0.3, -0.25) is 4.79 Å². The zero-order chi connectivity index (χ0) is 12.3. The van der Waals surface area contributed by atoms with Gasteiger partial charge in [0.15, 0.2) is 0 Å². The number of aliphatic hydroxyl groups excluding tert-OH is 1. The predicted octanol–water partition coefficient (Wildman–Crippen LogP) is 1.22. The largest absolute Gasteiger partial charge is 0.475 e. The number of carbonyl (C=O) groups is 2. The molecule has 0 aliphatic heterocycles. The molecule has 0 atom stereocenters. The molecule has 0 aromatic heterocycles. The van der Waals surface area contributed by atoms with Crippen molar-refractivity contribution in [1.29, 1.82) is 0 Å². The molecule has 16 heavy (non-hydrogen) atoms. The SMILES string of the molecule is CC(C)(CO)c1ccc(C(=O)C(=O)O)cc1. The third-order valence-electron chi connectivity index (χ3n) is 2.52. The fourth-order valence-electron chi connectivity index (χ4n) is 1.29. The summed E-state index contributed by atoms with van der Waals surface area (Å²) in [6.07, 6.45) is 0. The molecule has 4 heteroatoms. The molecule has 0 bridgehead atoms. The average molecular weight is 222 g/mol. The van der Waals surface area contributed by atoms with Gasteiger partial charge in [0.1, 0.15) is 0 Å². The van der Waals surface area contributed by atoms with Gasteiger partial charge < -0.3 is 10.2 Å². The average Bonchev–Trinajstić information content (AvgIpc) is 2.28. The van der Waals surface area contributed by atoms with Crippen LogP contribution in [0.1, 0.15) is 29.8 Å². The van der Waals surface area contributed by atoms with Crippen LogP contribution in [0, 0.1) is 0 Å². The number of rotatable bonds is 4. The Hall–Kier alpha value is -1.68. The van der Waals surface area contributed by atoms with Gasteiger partial charge in [-0.15, -0.1) is 0 Å². The minimum Gasteiger partial charge on any atom is -0.475 e. The number of benzene rings is 1. The van der Waals surface area contributed by atoms with E-state index in [9.17, 15) is 9.59 Å². The van der Waals surface area contributed by atoms with Gasteiger partial charge in [-0.2, -0.15) is 0 Å². The quantitative estimate of drug-likeness (QED) is 0.593. The number of carboxylic acids is 1. The summed E-state index contributed by atoms with van der Waals surface area (Å²) in [6.45, 7) is 3.71. The summed E-state index contributed by atoms with van der Waals surface area (Å²) >= 11 is 0. The molecule has 0 aliphatic rings. The van der Waals surface area contributed by atoms with E-state index in [-0.39, 0.29) is 12.2 Å². The van der Waals surface area contributed by atoms with Crippen LogP contribution in [0.5, 0.6) is 0 Å². The monoisotopic (exact) mass is 222 g/mol. The van der Waals surface area contributed by atoms with Crippen LogP contribution in [0.25, 0.3) is 0 Å². The fraction of sp³-hybridized carbons (Fsp3) is 0.333. The molecule has 86 valence electrons. The maximum atomic E-state index is 11.1. The van der Waals surface area contributed by atoms with Crippen LogP contribution in [0.4, 0.5) is 0 Å². The summed E-state index contributed by atoms with van der Waals surface area (Å²) in [7, 11) is 0. The molecule has 4 nitrogen and oxygen atoms in total. The number of hydrogen-bond acceptors (Lipinski definition) is 3. The van der Waals surface area contributed by atoms with Crippen LogP contribution in [-0.4, -0.2) is 28.6 Å². The van der Waals surface area contributed by atoms with Gasteiger partial charge in [0.05, 0.1) is 6.61 Å². The molecular weight excluding hydrogens is 208 g/mol. The van der Waals surface area contributed by atoms with E-state index >= 15 is 0 Å². The van der Waals surface area contributed by atoms with Gasteiger partial charge >= 0.3 is 5.97 Å². The summed E-state index contributed by atoms with van der Waals surface area (Å²) < 4.78 is 0. The lowest BCUT2D eigenvalue weighted by atomic mass is 9.85. The van der Waals surface area contributed by atoms with Crippen LogP contribution in [-0.2, 0) is 10.2 Å². The van der Waals surface area contributed by atoms with Crippen molar-refractivity contribution in [2.75, 3.05) is 6.61 Å². The predicted molar refractivity (Wildman–Crippen MR) is 58.5 cm³/mol. The molecule has 0 aliphatic carbocycles. The van der Waals surface area contributed by atoms with E-state index in [1.807, 2.05) is 13.8 Å². The molecular formula is C12H14O4. The molecule has 1 rings (SSSR count). The van der Waals surface area contributed by atoms with Gasteiger partial charge in [0.2, 0.25) is 0 Å². The van der Waals surface area contributed by atoms with Crippen LogP contribution in [0.15, 0.2) is 24.3 Å². The lowest BCUT2D eigenvalue weighted by Gasteiger charge is -2.22. The number of Topliss-reactive ketones (excluding diaryl/α,β-unsaturated/α-hetero) is 1. The summed E-state index contributed by atoms with van der Waals surface area (Å²) in [5, 5.41) is 17.7. The Morgan fingerprint density at radius 2 is 1.69 bits per heavy atom. The standard InChI is InChI=1S/C12H14O4/c1-12(2,7-13)9-5-3-8(4-6-9)10(14)11(15)16/h3-6,13H,7H2,1-2H3,(H,15,16). The zero-order valence-corrected chi connectivity index (χ0v) is 9.23. The Kier molecular flexibility index (Phi) is 3.44. The van der Waals surface area contributed by atoms with Crippen molar-refractivity contribution < 1.29 is 19.8 Å². The van der Waals surface area contributed by atoms with Crippen LogP contribution < -0.4 is 0 Å². The summed E-state index contributed by atoms with van der Waals surface area (Å²) in [4.78, 5) is 21.6. The maximum Gasteiger partial charge on any atom is 0.377 e. The minimum absolute atomic E-state index is 0.0147. The molecule has 0 radical (unpaired) electrons. The van der Waals surface area contributed by atoms with Crippen molar-refractivity contribution in [2.45, 2.75) is 19.3 Å². The molecule has 1 aromatic rings. The van der Waals surface area contributed by atoms with Gasteiger partial charge in [0, 0.05) is 11.0 Å². The normalized spacial score (nSPS) is 11.2. The second kappa shape index (κ2) is 4.45. The van der Waals surface area contributed by atoms with Gasteiger partial charge in [0.25, 0.3) is 5.78 Å². The highest BCUT2D eigenvalue weighted by Crippen LogP contribution is 2.22. The summed E-state index contributed by atoms with van der Waals surface area (Å²) in [5.41, 5.74) is 0.604. The van der Waals surface area contributed by atoms with E-state index in [0.29, 0.717) is 0 Å². The topological polar surface area (TPSA) is 74.6 Å². The minimum atomic E-state index is -1.46. The van der Waals surface area contributed by atoms with E-state index in [4.69, 9.17) is 10.2 Å². The highest BCUT2D eigenvalue weighted by atomic mass is 16.4. The molecule has 0 saturated carbocycles. The second-order valence-corrected chi connectivity index (χ2v) is 4.25. The van der Waals surface area contributed by atoms with E-state index in [1.165, 1.54) is 12.1 Å². The lowest BCUT2D eigenvalue weighted by molar-refractivity contribution is -0.131. The van der Waals surface area contributed by atoms with Crippen molar-refractivity contribution in [3.8, 4) is 0 Å². The summed E-state index contributed by atoms with van der Waals surface area (Å²) in [6, 6.07) is 6.24. The zero-order valence-electron chi connectivity index (χ0n) is 9.23. The number of hydrogen-bond donors (Lipinski definition) is 2. The van der Waals surface area contributed by atoms with E-state index in [0.717, 1.165) is 5.56 Å². The third-order valence-corrected chi connectivity index (χ3v) is 2.52. The van der Waals surface area contributed by atoms with Gasteiger partial charge in [-0.25, -0.2) is 4.79 Å². The second-order valence-electron chi connectivity index (χ2n) is 4.25. The van der Waals surface area contributed by atoms with Crippen molar-refractivity contribution in [2.24, 2.45) is 0 Å². The van der Waals surface area contributed by atoms with Crippen molar-refractivity contribution in [1.82, 2.24) is 0 Å². The smallest absolute Gasteiger partial charge is 0.377 e. The number of aliphatic carboxylic acids is 1. The first-order valence-corrected chi connectivity index (χ1v) is 4.87. The molecule has 0 unspecified atom stereocenters. The molecule has 0 heterocycles. The third kappa shape index (κ3) is 2.46. The molecule has 0 spiro atoms. The van der Waals surface area contributed by atoms with Crippen molar-refractivity contribution in [3.63, 3.8) is 0 Å². The number of ketones is 1. The molecule has 0 fully saturated rings. The molecule has 2 N–H and O–H groups in total. The van der Waals surface area contributed by atoms with Crippen LogP contribution in [0.3, 0.4) is 0 Å². The lowest BCUT2D eigenvalue weighted by Crippen LogP contribution is -2.22. The Morgan fingerprint density at radius 1 is 1.19 bits per heavy atom. The molecule has 0 amide bonds. The Balaban J connectivity index is 3.00. The fourth-order valence-corrected chi connectivity index (χ4v) is 1.29. The highest BCUT2D eigenvalue weighted by Gasteiger charge is 2.20. The highest BCUT2D eigenvalue weighted by molar-refractivity contribution is 6.39. The maximum absolute atomic E-state index is 11.1. The van der Waals surface area contributed by atoms with E-state index in [2.05, 4.69) is 0 Å². The first kappa shape index (κ1) is 12.4. The first-order chi connectivity index (χ1) is 7.38. The Labute approximate surface area is 93.5 Å². The number of carbonyl (C=O) groups excluding carboxylic acids is 1. The number of aliphatic hydroxyl groups is 1. The van der Waals surface area contributed by atoms with Gasteiger partial charge in [-0.05, 0) is 5.56 Å². The van der Waals surface area contributed by atoms with Gasteiger partial charge in [-0.1, -0.05) is 38.1 Å². The van der Waals surface area contributed by atoms with Crippen molar-refractivity contribution >= 4 is 11.8 Å². The van der Waals surface area contributed by atoms with Crippen LogP contribution in [0.2, 0.25) is 0 Å². The van der Waals surface area contributed by atoms with Crippen LogP contribution >= 0.6 is 0 Å². The molecule has 1 aromatic carbocycles. The Bertz CT molecular complexity index is 404. The first-order valence-electron chi connectivity index (χ1n) is 4.87. The van der Waals surface area contributed by atoms with E-state index < -0.39 is 17.2 Å². The molecule has 0 saturated heterocycles. The summed E-state index contributed by atoms with van der Waals surface area (Å²) in [5.74, 6) is -2.39. The number of carboxylic acid groups (broad SMARTS) is 1. The van der Waals surface area contributed by atoms with E-state index in [1.54, 1.807) is 12.1 Å².